The Morgan fingerprint density at radius 1 is 1.24 bits per heavy atom. The Kier molecular flexibility index (Phi) is 4.87. The fourth-order valence-corrected chi connectivity index (χ4v) is 1.86. The van der Waals surface area contributed by atoms with Gasteiger partial charge in [-0.25, -0.2) is 4.98 Å². The molecule has 2 aromatic rings. The van der Waals surface area contributed by atoms with Gasteiger partial charge in [-0.05, 0) is 44.5 Å². The van der Waals surface area contributed by atoms with Crippen LogP contribution in [0.25, 0.3) is 0 Å². The highest BCUT2D eigenvalue weighted by Gasteiger charge is 2.12. The van der Waals surface area contributed by atoms with E-state index in [0.29, 0.717) is 17.9 Å². The van der Waals surface area contributed by atoms with E-state index in [1.165, 1.54) is 0 Å². The Hall–Kier alpha value is -2.43. The van der Waals surface area contributed by atoms with Crippen molar-refractivity contribution in [1.29, 1.82) is 0 Å². The summed E-state index contributed by atoms with van der Waals surface area (Å²) in [5.74, 6) is 0.457. The predicted octanol–water partition coefficient (Wildman–Crippen LogP) is 2.54. The van der Waals surface area contributed by atoms with Crippen molar-refractivity contribution in [2.75, 3.05) is 5.32 Å². The van der Waals surface area contributed by atoms with Crippen LogP contribution in [0.15, 0.2) is 36.7 Å². The molecule has 0 bridgehead atoms. The second-order valence-electron chi connectivity index (χ2n) is 5.19. The molecule has 5 heteroatoms. The smallest absolute Gasteiger partial charge is 0.255 e. The zero-order valence-corrected chi connectivity index (χ0v) is 12.6. The SMILES string of the molecule is Cc1ccc(CNC(=O)c2cccnc2NC(C)C)cn1. The van der Waals surface area contributed by atoms with Crippen LogP contribution in [-0.2, 0) is 6.54 Å². The van der Waals surface area contributed by atoms with Gasteiger partial charge in [-0.2, -0.15) is 0 Å². The second kappa shape index (κ2) is 6.83. The van der Waals surface area contributed by atoms with E-state index in [2.05, 4.69) is 20.6 Å². The van der Waals surface area contributed by atoms with Crippen LogP contribution in [0, 0.1) is 6.92 Å². The number of hydrogen-bond acceptors (Lipinski definition) is 4. The maximum absolute atomic E-state index is 12.3. The summed E-state index contributed by atoms with van der Waals surface area (Å²) in [6.07, 6.45) is 3.44. The van der Waals surface area contributed by atoms with Crippen LogP contribution >= 0.6 is 0 Å². The predicted molar refractivity (Wildman–Crippen MR) is 83.1 cm³/mol. The fraction of sp³-hybridized carbons (Fsp3) is 0.312. The van der Waals surface area contributed by atoms with E-state index in [0.717, 1.165) is 11.3 Å². The lowest BCUT2D eigenvalue weighted by molar-refractivity contribution is 0.0951. The first-order valence-corrected chi connectivity index (χ1v) is 6.97. The largest absolute Gasteiger partial charge is 0.367 e. The molecule has 21 heavy (non-hydrogen) atoms. The Labute approximate surface area is 124 Å². The highest BCUT2D eigenvalue weighted by atomic mass is 16.1. The molecule has 2 rings (SSSR count). The van der Waals surface area contributed by atoms with Crippen LogP contribution in [0.4, 0.5) is 5.82 Å². The van der Waals surface area contributed by atoms with Gasteiger partial charge in [0.25, 0.3) is 5.91 Å². The third kappa shape index (κ3) is 4.27. The van der Waals surface area contributed by atoms with Gasteiger partial charge in [-0.15, -0.1) is 0 Å². The Morgan fingerprint density at radius 2 is 2.05 bits per heavy atom. The molecule has 110 valence electrons. The third-order valence-electron chi connectivity index (χ3n) is 2.90. The zero-order valence-electron chi connectivity index (χ0n) is 12.6. The number of aryl methyl sites for hydroxylation is 1. The minimum Gasteiger partial charge on any atom is -0.367 e. The molecule has 0 saturated heterocycles. The molecule has 0 aliphatic heterocycles. The Morgan fingerprint density at radius 3 is 2.71 bits per heavy atom. The molecule has 5 nitrogen and oxygen atoms in total. The molecule has 0 spiro atoms. The number of carbonyl (C=O) groups is 1. The number of anilines is 1. The maximum atomic E-state index is 12.3. The lowest BCUT2D eigenvalue weighted by atomic mass is 10.2. The summed E-state index contributed by atoms with van der Waals surface area (Å²) in [4.78, 5) is 20.7. The van der Waals surface area contributed by atoms with Gasteiger partial charge in [0.05, 0.1) is 5.56 Å². The Balaban J connectivity index is 2.05. The van der Waals surface area contributed by atoms with Crippen LogP contribution in [0.5, 0.6) is 0 Å². The van der Waals surface area contributed by atoms with E-state index >= 15 is 0 Å². The van der Waals surface area contributed by atoms with Crippen LogP contribution in [0.3, 0.4) is 0 Å². The highest BCUT2D eigenvalue weighted by Crippen LogP contribution is 2.12. The van der Waals surface area contributed by atoms with Crippen molar-refractivity contribution in [1.82, 2.24) is 15.3 Å². The zero-order chi connectivity index (χ0) is 15.2. The second-order valence-corrected chi connectivity index (χ2v) is 5.19. The molecule has 0 fully saturated rings. The number of aromatic nitrogens is 2. The lowest BCUT2D eigenvalue weighted by Crippen LogP contribution is -2.25. The summed E-state index contributed by atoms with van der Waals surface area (Å²) in [5, 5.41) is 6.07. The number of carbonyl (C=O) groups excluding carboxylic acids is 1. The van der Waals surface area contributed by atoms with Crippen molar-refractivity contribution in [2.45, 2.75) is 33.4 Å². The number of nitrogens with one attached hydrogen (secondary N) is 2. The summed E-state index contributed by atoms with van der Waals surface area (Å²) in [6.45, 7) is 6.40. The lowest BCUT2D eigenvalue weighted by Gasteiger charge is -2.13. The van der Waals surface area contributed by atoms with Crippen molar-refractivity contribution in [3.8, 4) is 0 Å². The maximum Gasteiger partial charge on any atom is 0.255 e. The normalized spacial score (nSPS) is 10.5. The van der Waals surface area contributed by atoms with Crippen LogP contribution < -0.4 is 10.6 Å². The average molecular weight is 284 g/mol. The molecule has 0 saturated carbocycles. The summed E-state index contributed by atoms with van der Waals surface area (Å²) in [5.41, 5.74) is 2.48. The van der Waals surface area contributed by atoms with Gasteiger partial charge in [0.15, 0.2) is 0 Å². The first-order valence-electron chi connectivity index (χ1n) is 6.97. The molecule has 2 heterocycles. The van der Waals surface area contributed by atoms with E-state index in [1.807, 2.05) is 32.9 Å². The molecule has 1 amide bonds. The summed E-state index contributed by atoms with van der Waals surface area (Å²) in [7, 11) is 0. The topological polar surface area (TPSA) is 66.9 Å². The van der Waals surface area contributed by atoms with E-state index in [-0.39, 0.29) is 11.9 Å². The van der Waals surface area contributed by atoms with Gasteiger partial charge < -0.3 is 10.6 Å². The summed E-state index contributed by atoms with van der Waals surface area (Å²) >= 11 is 0. The standard InChI is InChI=1S/C16H20N4O/c1-11(2)20-15-14(5-4-8-17-15)16(21)19-10-13-7-6-12(3)18-9-13/h4-9,11H,10H2,1-3H3,(H,17,20)(H,19,21). The molecular formula is C16H20N4O. The first kappa shape index (κ1) is 15.0. The average Bonchev–Trinajstić information content (AvgIpc) is 2.46. The van der Waals surface area contributed by atoms with Crippen molar-refractivity contribution >= 4 is 11.7 Å². The van der Waals surface area contributed by atoms with Crippen molar-refractivity contribution < 1.29 is 4.79 Å². The van der Waals surface area contributed by atoms with E-state index < -0.39 is 0 Å². The Bertz CT molecular complexity index is 608. The van der Waals surface area contributed by atoms with Crippen LogP contribution in [0.2, 0.25) is 0 Å². The highest BCUT2D eigenvalue weighted by molar-refractivity contribution is 5.98. The fourth-order valence-electron chi connectivity index (χ4n) is 1.86. The number of amides is 1. The van der Waals surface area contributed by atoms with Crippen molar-refractivity contribution in [3.05, 3.63) is 53.5 Å². The molecule has 2 N–H and O–H groups in total. The summed E-state index contributed by atoms with van der Waals surface area (Å²) < 4.78 is 0. The minimum atomic E-state index is -0.146. The van der Waals surface area contributed by atoms with Crippen molar-refractivity contribution in [2.24, 2.45) is 0 Å². The van der Waals surface area contributed by atoms with Gasteiger partial charge in [0, 0.05) is 30.7 Å². The number of pyridine rings is 2. The monoisotopic (exact) mass is 284 g/mol. The molecule has 0 aliphatic rings. The molecule has 0 atom stereocenters. The molecule has 0 aromatic carbocycles. The third-order valence-corrected chi connectivity index (χ3v) is 2.90. The van der Waals surface area contributed by atoms with Gasteiger partial charge in [-0.3, -0.25) is 9.78 Å². The van der Waals surface area contributed by atoms with Gasteiger partial charge in [0.2, 0.25) is 0 Å². The first-order chi connectivity index (χ1) is 10.1. The van der Waals surface area contributed by atoms with E-state index in [4.69, 9.17) is 0 Å². The minimum absolute atomic E-state index is 0.146. The summed E-state index contributed by atoms with van der Waals surface area (Å²) in [6, 6.07) is 7.62. The van der Waals surface area contributed by atoms with Gasteiger partial charge in [-0.1, -0.05) is 6.07 Å². The van der Waals surface area contributed by atoms with Gasteiger partial charge >= 0.3 is 0 Å². The number of rotatable bonds is 5. The molecule has 0 radical (unpaired) electrons. The number of hydrogen-bond donors (Lipinski definition) is 2. The quantitative estimate of drug-likeness (QED) is 0.885. The molecular weight excluding hydrogens is 264 g/mol. The molecule has 0 aliphatic carbocycles. The van der Waals surface area contributed by atoms with E-state index in [9.17, 15) is 4.79 Å². The molecule has 0 unspecified atom stereocenters. The van der Waals surface area contributed by atoms with Crippen molar-refractivity contribution in [3.63, 3.8) is 0 Å². The van der Waals surface area contributed by atoms with Gasteiger partial charge in [0.1, 0.15) is 5.82 Å². The van der Waals surface area contributed by atoms with Crippen LogP contribution in [-0.4, -0.2) is 21.9 Å². The molecule has 2 aromatic heterocycles. The van der Waals surface area contributed by atoms with E-state index in [1.54, 1.807) is 24.5 Å². The van der Waals surface area contributed by atoms with Crippen LogP contribution in [0.1, 0.15) is 35.5 Å². The number of nitrogens with zero attached hydrogens (tertiary/aromatic N) is 2.